The largest absolute Gasteiger partial charge is 0.294 e. The van der Waals surface area contributed by atoms with Gasteiger partial charge in [-0.2, -0.15) is 0 Å². The SMILES string of the molecule is CC(C)C(=O)c1ccccc1I. The van der Waals surface area contributed by atoms with Gasteiger partial charge in [-0.15, -0.1) is 0 Å². The van der Waals surface area contributed by atoms with Gasteiger partial charge in [0, 0.05) is 15.1 Å². The molecule has 0 aliphatic heterocycles. The van der Waals surface area contributed by atoms with Gasteiger partial charge in [0.05, 0.1) is 0 Å². The number of ketones is 1. The van der Waals surface area contributed by atoms with E-state index >= 15 is 0 Å². The molecule has 0 aliphatic carbocycles. The van der Waals surface area contributed by atoms with Crippen LogP contribution in [0.3, 0.4) is 0 Å². The Hall–Kier alpha value is -0.380. The van der Waals surface area contributed by atoms with Crippen LogP contribution >= 0.6 is 22.6 Å². The number of benzene rings is 1. The zero-order valence-corrected chi connectivity index (χ0v) is 9.33. The predicted molar refractivity (Wildman–Crippen MR) is 58.3 cm³/mol. The summed E-state index contributed by atoms with van der Waals surface area (Å²) in [6, 6.07) is 7.68. The summed E-state index contributed by atoms with van der Waals surface area (Å²) < 4.78 is 1.04. The van der Waals surface area contributed by atoms with Gasteiger partial charge >= 0.3 is 0 Å². The van der Waals surface area contributed by atoms with Crippen molar-refractivity contribution in [1.29, 1.82) is 0 Å². The molecular formula is C10H11IO. The van der Waals surface area contributed by atoms with Crippen LogP contribution in [-0.2, 0) is 0 Å². The predicted octanol–water partition coefficient (Wildman–Crippen LogP) is 3.13. The summed E-state index contributed by atoms with van der Waals surface area (Å²) in [6.07, 6.45) is 0. The fourth-order valence-corrected chi connectivity index (χ4v) is 1.63. The van der Waals surface area contributed by atoms with Crippen molar-refractivity contribution in [2.45, 2.75) is 13.8 Å². The molecule has 0 amide bonds. The number of carbonyl (C=O) groups excluding carboxylic acids is 1. The summed E-state index contributed by atoms with van der Waals surface area (Å²) >= 11 is 2.19. The fourth-order valence-electron chi connectivity index (χ4n) is 0.972. The van der Waals surface area contributed by atoms with E-state index in [9.17, 15) is 4.79 Å². The minimum absolute atomic E-state index is 0.0842. The van der Waals surface area contributed by atoms with Gasteiger partial charge in [-0.1, -0.05) is 32.0 Å². The van der Waals surface area contributed by atoms with Crippen LogP contribution in [0.1, 0.15) is 24.2 Å². The molecule has 0 bridgehead atoms. The van der Waals surface area contributed by atoms with Gasteiger partial charge in [0.25, 0.3) is 0 Å². The van der Waals surface area contributed by atoms with Gasteiger partial charge in [-0.05, 0) is 28.7 Å². The second kappa shape index (κ2) is 4.03. The first kappa shape index (κ1) is 9.71. The van der Waals surface area contributed by atoms with Gasteiger partial charge in [-0.25, -0.2) is 0 Å². The first-order valence-corrected chi connectivity index (χ1v) is 4.99. The molecule has 0 aliphatic rings. The summed E-state index contributed by atoms with van der Waals surface area (Å²) in [7, 11) is 0. The van der Waals surface area contributed by atoms with Crippen LogP contribution in [0, 0.1) is 9.49 Å². The molecule has 0 unspecified atom stereocenters. The Morgan fingerprint density at radius 1 is 1.33 bits per heavy atom. The molecule has 12 heavy (non-hydrogen) atoms. The highest BCUT2D eigenvalue weighted by molar-refractivity contribution is 14.1. The lowest BCUT2D eigenvalue weighted by atomic mass is 10.0. The monoisotopic (exact) mass is 274 g/mol. The van der Waals surface area contributed by atoms with Gasteiger partial charge in [0.2, 0.25) is 0 Å². The molecule has 1 aromatic rings. The van der Waals surface area contributed by atoms with Crippen molar-refractivity contribution in [3.63, 3.8) is 0 Å². The molecule has 0 N–H and O–H groups in total. The normalized spacial score (nSPS) is 10.3. The molecule has 1 rings (SSSR count). The van der Waals surface area contributed by atoms with E-state index in [1.807, 2.05) is 38.1 Å². The van der Waals surface area contributed by atoms with Gasteiger partial charge in [0.15, 0.2) is 5.78 Å². The summed E-state index contributed by atoms with van der Waals surface area (Å²) in [6.45, 7) is 3.84. The molecule has 0 aromatic heterocycles. The van der Waals surface area contributed by atoms with E-state index in [4.69, 9.17) is 0 Å². The highest BCUT2D eigenvalue weighted by atomic mass is 127. The van der Waals surface area contributed by atoms with Crippen LogP contribution in [-0.4, -0.2) is 5.78 Å². The molecule has 2 heteroatoms. The Kier molecular flexibility index (Phi) is 3.26. The molecule has 1 aromatic carbocycles. The second-order valence-corrected chi connectivity index (χ2v) is 4.16. The lowest BCUT2D eigenvalue weighted by molar-refractivity contribution is 0.0938. The van der Waals surface area contributed by atoms with Crippen LogP contribution in [0.5, 0.6) is 0 Å². The van der Waals surface area contributed by atoms with Gasteiger partial charge < -0.3 is 0 Å². The summed E-state index contributed by atoms with van der Waals surface area (Å²) in [5, 5.41) is 0. The van der Waals surface area contributed by atoms with Crippen molar-refractivity contribution in [2.75, 3.05) is 0 Å². The van der Waals surface area contributed by atoms with E-state index in [-0.39, 0.29) is 11.7 Å². The lowest BCUT2D eigenvalue weighted by Gasteiger charge is -2.05. The van der Waals surface area contributed by atoms with E-state index in [0.29, 0.717) is 0 Å². The van der Waals surface area contributed by atoms with Crippen molar-refractivity contribution < 1.29 is 4.79 Å². The highest BCUT2D eigenvalue weighted by Gasteiger charge is 2.12. The van der Waals surface area contributed by atoms with Crippen LogP contribution in [0.4, 0.5) is 0 Å². The number of carbonyl (C=O) groups is 1. The fraction of sp³-hybridized carbons (Fsp3) is 0.300. The Balaban J connectivity index is 3.03. The molecule has 0 saturated heterocycles. The van der Waals surface area contributed by atoms with Crippen molar-refractivity contribution in [3.05, 3.63) is 33.4 Å². The molecule has 1 nitrogen and oxygen atoms in total. The third-order valence-electron chi connectivity index (χ3n) is 1.66. The number of Topliss-reactive ketones (excluding diaryl/α,β-unsaturated/α-hetero) is 1. The third kappa shape index (κ3) is 2.06. The Morgan fingerprint density at radius 2 is 1.92 bits per heavy atom. The molecule has 0 saturated carbocycles. The zero-order valence-electron chi connectivity index (χ0n) is 7.17. The maximum absolute atomic E-state index is 11.6. The van der Waals surface area contributed by atoms with E-state index < -0.39 is 0 Å². The zero-order chi connectivity index (χ0) is 9.14. The van der Waals surface area contributed by atoms with Gasteiger partial charge in [-0.3, -0.25) is 4.79 Å². The smallest absolute Gasteiger partial charge is 0.166 e. The summed E-state index contributed by atoms with van der Waals surface area (Å²) in [4.78, 5) is 11.6. The van der Waals surface area contributed by atoms with Crippen molar-refractivity contribution >= 4 is 28.4 Å². The minimum Gasteiger partial charge on any atom is -0.294 e. The van der Waals surface area contributed by atoms with Crippen molar-refractivity contribution in [2.24, 2.45) is 5.92 Å². The van der Waals surface area contributed by atoms with Gasteiger partial charge in [0.1, 0.15) is 0 Å². The van der Waals surface area contributed by atoms with Crippen molar-refractivity contribution in [3.8, 4) is 0 Å². The van der Waals surface area contributed by atoms with Crippen LogP contribution in [0.15, 0.2) is 24.3 Å². The van der Waals surface area contributed by atoms with E-state index in [1.165, 1.54) is 0 Å². The Labute approximate surface area is 86.3 Å². The molecular weight excluding hydrogens is 263 g/mol. The topological polar surface area (TPSA) is 17.1 Å². The minimum atomic E-state index is 0.0842. The quantitative estimate of drug-likeness (QED) is 0.598. The number of hydrogen-bond donors (Lipinski definition) is 0. The highest BCUT2D eigenvalue weighted by Crippen LogP contribution is 2.15. The summed E-state index contributed by atoms with van der Waals surface area (Å²) in [5.74, 6) is 0.306. The maximum atomic E-state index is 11.6. The Bertz CT molecular complexity index is 292. The number of hydrogen-bond acceptors (Lipinski definition) is 1. The standard InChI is InChI=1S/C10H11IO/c1-7(2)10(12)8-5-3-4-6-9(8)11/h3-7H,1-2H3. The average Bonchev–Trinajstić information content (AvgIpc) is 2.04. The molecule has 0 fully saturated rings. The molecule has 0 spiro atoms. The summed E-state index contributed by atoms with van der Waals surface area (Å²) in [5.41, 5.74) is 0.841. The maximum Gasteiger partial charge on any atom is 0.166 e. The second-order valence-electron chi connectivity index (χ2n) is 3.00. The molecule has 0 radical (unpaired) electrons. The lowest BCUT2D eigenvalue weighted by Crippen LogP contribution is -2.08. The molecule has 0 heterocycles. The van der Waals surface area contributed by atoms with Crippen LogP contribution < -0.4 is 0 Å². The number of rotatable bonds is 2. The molecule has 0 atom stereocenters. The van der Waals surface area contributed by atoms with E-state index in [1.54, 1.807) is 0 Å². The van der Waals surface area contributed by atoms with E-state index in [0.717, 1.165) is 9.13 Å². The Morgan fingerprint density at radius 3 is 2.42 bits per heavy atom. The molecule has 64 valence electrons. The van der Waals surface area contributed by atoms with Crippen LogP contribution in [0.25, 0.3) is 0 Å². The first-order chi connectivity index (χ1) is 5.63. The van der Waals surface area contributed by atoms with Crippen LogP contribution in [0.2, 0.25) is 0 Å². The number of halogens is 1. The average molecular weight is 274 g/mol. The first-order valence-electron chi connectivity index (χ1n) is 3.91. The van der Waals surface area contributed by atoms with E-state index in [2.05, 4.69) is 22.6 Å². The third-order valence-corrected chi connectivity index (χ3v) is 2.60. The van der Waals surface area contributed by atoms with Crippen molar-refractivity contribution in [1.82, 2.24) is 0 Å².